The van der Waals surface area contributed by atoms with Crippen molar-refractivity contribution in [2.75, 3.05) is 6.61 Å². The third kappa shape index (κ3) is 3.68. The SMILES string of the molecule is O=C(CC1CCCc2ccccc21)NC(C(=O)O)c1ccc2c(c1)CCO2. The molecule has 2 atom stereocenters. The quantitative estimate of drug-likeness (QED) is 0.852. The van der Waals surface area contributed by atoms with E-state index in [1.165, 1.54) is 11.1 Å². The van der Waals surface area contributed by atoms with Gasteiger partial charge in [0.05, 0.1) is 6.61 Å². The third-order valence-electron chi connectivity index (χ3n) is 5.52. The Hall–Kier alpha value is -2.82. The van der Waals surface area contributed by atoms with Crippen molar-refractivity contribution in [3.05, 3.63) is 64.7 Å². The Morgan fingerprint density at radius 2 is 2.00 bits per heavy atom. The van der Waals surface area contributed by atoms with Crippen LogP contribution in [-0.2, 0) is 22.4 Å². The van der Waals surface area contributed by atoms with Crippen LogP contribution in [0, 0.1) is 0 Å². The minimum absolute atomic E-state index is 0.151. The Morgan fingerprint density at radius 3 is 2.85 bits per heavy atom. The molecular formula is C22H23NO4. The molecule has 1 aliphatic heterocycles. The summed E-state index contributed by atoms with van der Waals surface area (Å²) < 4.78 is 5.47. The normalized spacial score (nSPS) is 18.7. The maximum absolute atomic E-state index is 12.6. The van der Waals surface area contributed by atoms with E-state index in [-0.39, 0.29) is 11.8 Å². The zero-order valence-electron chi connectivity index (χ0n) is 15.1. The van der Waals surface area contributed by atoms with Gasteiger partial charge in [0.1, 0.15) is 5.75 Å². The van der Waals surface area contributed by atoms with Gasteiger partial charge in [-0.1, -0.05) is 30.3 Å². The first kappa shape index (κ1) is 17.6. The first-order valence-corrected chi connectivity index (χ1v) is 9.47. The third-order valence-corrected chi connectivity index (χ3v) is 5.52. The van der Waals surface area contributed by atoms with E-state index >= 15 is 0 Å². The Kier molecular flexibility index (Phi) is 4.84. The number of carbonyl (C=O) groups excluding carboxylic acids is 1. The van der Waals surface area contributed by atoms with Crippen LogP contribution >= 0.6 is 0 Å². The molecular weight excluding hydrogens is 342 g/mol. The highest BCUT2D eigenvalue weighted by Gasteiger charge is 2.27. The lowest BCUT2D eigenvalue weighted by atomic mass is 9.81. The average molecular weight is 365 g/mol. The number of benzene rings is 2. The van der Waals surface area contributed by atoms with Gasteiger partial charge < -0.3 is 15.2 Å². The Bertz CT molecular complexity index is 876. The van der Waals surface area contributed by atoms with E-state index in [9.17, 15) is 14.7 Å². The first-order valence-electron chi connectivity index (χ1n) is 9.47. The van der Waals surface area contributed by atoms with Crippen LogP contribution in [0.4, 0.5) is 0 Å². The van der Waals surface area contributed by atoms with Gasteiger partial charge in [0, 0.05) is 12.8 Å². The summed E-state index contributed by atoms with van der Waals surface area (Å²) >= 11 is 0. The predicted octanol–water partition coefficient (Wildman–Crippen LogP) is 3.37. The van der Waals surface area contributed by atoms with Gasteiger partial charge in [-0.15, -0.1) is 0 Å². The molecule has 0 aromatic heterocycles. The summed E-state index contributed by atoms with van der Waals surface area (Å²) in [4.78, 5) is 24.4. The van der Waals surface area contributed by atoms with Gasteiger partial charge in [0.15, 0.2) is 6.04 Å². The van der Waals surface area contributed by atoms with E-state index in [0.717, 1.165) is 37.0 Å². The second-order valence-corrected chi connectivity index (χ2v) is 7.30. The number of ether oxygens (including phenoxy) is 1. The lowest BCUT2D eigenvalue weighted by Gasteiger charge is -2.25. The second-order valence-electron chi connectivity index (χ2n) is 7.30. The molecule has 0 saturated heterocycles. The molecule has 4 rings (SSSR count). The van der Waals surface area contributed by atoms with E-state index in [0.29, 0.717) is 18.6 Å². The molecule has 0 saturated carbocycles. The Balaban J connectivity index is 1.48. The maximum Gasteiger partial charge on any atom is 0.330 e. The zero-order chi connectivity index (χ0) is 18.8. The number of aryl methyl sites for hydroxylation is 1. The van der Waals surface area contributed by atoms with Crippen LogP contribution in [0.3, 0.4) is 0 Å². The van der Waals surface area contributed by atoms with Crippen molar-refractivity contribution >= 4 is 11.9 Å². The molecule has 0 fully saturated rings. The monoisotopic (exact) mass is 365 g/mol. The van der Waals surface area contributed by atoms with Crippen LogP contribution in [0.1, 0.15) is 53.5 Å². The molecule has 0 radical (unpaired) electrons. The number of rotatable bonds is 5. The fraction of sp³-hybridized carbons (Fsp3) is 0.364. The highest BCUT2D eigenvalue weighted by atomic mass is 16.5. The van der Waals surface area contributed by atoms with E-state index in [2.05, 4.69) is 17.4 Å². The molecule has 2 aromatic rings. The number of hydrogen-bond donors (Lipinski definition) is 2. The van der Waals surface area contributed by atoms with Crippen molar-refractivity contribution in [2.24, 2.45) is 0 Å². The largest absolute Gasteiger partial charge is 0.493 e. The molecule has 1 aliphatic carbocycles. The summed E-state index contributed by atoms with van der Waals surface area (Å²) in [7, 11) is 0. The van der Waals surface area contributed by atoms with Crippen LogP contribution in [-0.4, -0.2) is 23.6 Å². The zero-order valence-corrected chi connectivity index (χ0v) is 15.1. The van der Waals surface area contributed by atoms with Crippen LogP contribution < -0.4 is 10.1 Å². The molecule has 2 aromatic carbocycles. The smallest absolute Gasteiger partial charge is 0.330 e. The number of carboxylic acid groups (broad SMARTS) is 1. The highest BCUT2D eigenvalue weighted by Crippen LogP contribution is 2.34. The number of nitrogens with one attached hydrogen (secondary N) is 1. The fourth-order valence-electron chi connectivity index (χ4n) is 4.18. The van der Waals surface area contributed by atoms with Gasteiger partial charge in [0.2, 0.25) is 5.91 Å². The van der Waals surface area contributed by atoms with Gasteiger partial charge >= 0.3 is 5.97 Å². The summed E-state index contributed by atoms with van der Waals surface area (Å²) in [5, 5.41) is 12.4. The molecule has 1 heterocycles. The number of carbonyl (C=O) groups is 2. The van der Waals surface area contributed by atoms with Crippen LogP contribution in [0.25, 0.3) is 0 Å². The van der Waals surface area contributed by atoms with E-state index < -0.39 is 12.0 Å². The standard InChI is InChI=1S/C22H23NO4/c24-20(13-15-6-3-5-14-4-1-2-7-18(14)15)23-21(22(25)26)17-8-9-19-16(12-17)10-11-27-19/h1-2,4,7-9,12,15,21H,3,5-6,10-11,13H2,(H,23,24)(H,25,26). The average Bonchev–Trinajstić information content (AvgIpc) is 3.14. The van der Waals surface area contributed by atoms with Crippen molar-refractivity contribution in [3.8, 4) is 5.75 Å². The van der Waals surface area contributed by atoms with E-state index in [4.69, 9.17) is 4.74 Å². The Morgan fingerprint density at radius 1 is 1.15 bits per heavy atom. The second kappa shape index (κ2) is 7.43. The molecule has 5 nitrogen and oxygen atoms in total. The van der Waals surface area contributed by atoms with Crippen LogP contribution in [0.15, 0.2) is 42.5 Å². The lowest BCUT2D eigenvalue weighted by molar-refractivity contribution is -0.142. The van der Waals surface area contributed by atoms with Crippen molar-refractivity contribution in [1.29, 1.82) is 0 Å². The summed E-state index contributed by atoms with van der Waals surface area (Å²) in [6.45, 7) is 0.615. The minimum Gasteiger partial charge on any atom is -0.493 e. The molecule has 2 N–H and O–H groups in total. The number of aliphatic carboxylic acids is 1. The van der Waals surface area contributed by atoms with Crippen LogP contribution in [0.5, 0.6) is 5.75 Å². The van der Waals surface area contributed by atoms with Gasteiger partial charge in [-0.25, -0.2) is 4.79 Å². The summed E-state index contributed by atoms with van der Waals surface area (Å²) in [6.07, 6.45) is 4.14. The van der Waals surface area contributed by atoms with E-state index in [1.807, 2.05) is 18.2 Å². The molecule has 1 amide bonds. The van der Waals surface area contributed by atoms with Crippen molar-refractivity contribution in [3.63, 3.8) is 0 Å². The molecule has 27 heavy (non-hydrogen) atoms. The summed E-state index contributed by atoms with van der Waals surface area (Å²) in [6, 6.07) is 12.5. The summed E-state index contributed by atoms with van der Waals surface area (Å²) in [5.41, 5.74) is 4.11. The van der Waals surface area contributed by atoms with Gasteiger partial charge in [0.25, 0.3) is 0 Å². The van der Waals surface area contributed by atoms with Crippen molar-refractivity contribution < 1.29 is 19.4 Å². The molecule has 140 valence electrons. The predicted molar refractivity (Wildman–Crippen MR) is 101 cm³/mol. The number of amides is 1. The molecule has 0 bridgehead atoms. The molecule has 2 aliphatic rings. The van der Waals surface area contributed by atoms with Gasteiger partial charge in [-0.05, 0) is 59.6 Å². The van der Waals surface area contributed by atoms with E-state index in [1.54, 1.807) is 12.1 Å². The van der Waals surface area contributed by atoms with Crippen molar-refractivity contribution in [1.82, 2.24) is 5.32 Å². The molecule has 2 unspecified atom stereocenters. The Labute approximate surface area is 158 Å². The van der Waals surface area contributed by atoms with Gasteiger partial charge in [-0.3, -0.25) is 4.79 Å². The first-order chi connectivity index (χ1) is 13.1. The van der Waals surface area contributed by atoms with Crippen molar-refractivity contribution in [2.45, 2.75) is 44.1 Å². The molecule has 5 heteroatoms. The van der Waals surface area contributed by atoms with Gasteiger partial charge in [-0.2, -0.15) is 0 Å². The number of hydrogen-bond acceptors (Lipinski definition) is 3. The maximum atomic E-state index is 12.6. The van der Waals surface area contributed by atoms with Crippen LogP contribution in [0.2, 0.25) is 0 Å². The minimum atomic E-state index is -1.05. The topological polar surface area (TPSA) is 75.6 Å². The highest BCUT2D eigenvalue weighted by molar-refractivity contribution is 5.85. The fourth-order valence-corrected chi connectivity index (χ4v) is 4.18. The molecule has 0 spiro atoms. The lowest BCUT2D eigenvalue weighted by Crippen LogP contribution is -2.34. The summed E-state index contributed by atoms with van der Waals surface area (Å²) in [5.74, 6) is -0.321. The number of carboxylic acids is 1. The number of fused-ring (bicyclic) bond motifs is 2.